The molecule has 0 radical (unpaired) electrons. The maximum Gasteiger partial charge on any atom is 0.0928 e. The van der Waals surface area contributed by atoms with Crippen LogP contribution in [0.4, 0.5) is 0 Å². The summed E-state index contributed by atoms with van der Waals surface area (Å²) in [6, 6.07) is 21.4. The van der Waals surface area contributed by atoms with Crippen LogP contribution in [0.5, 0.6) is 0 Å². The van der Waals surface area contributed by atoms with Crippen molar-refractivity contribution >= 4 is 0 Å². The van der Waals surface area contributed by atoms with Gasteiger partial charge in [-0.1, -0.05) is 60.7 Å². The molecule has 0 spiro atoms. The third-order valence-corrected chi connectivity index (χ3v) is 5.63. The third kappa shape index (κ3) is 2.37. The lowest BCUT2D eigenvalue weighted by molar-refractivity contribution is -0.0245. The van der Waals surface area contributed by atoms with Gasteiger partial charge >= 0.3 is 0 Å². The minimum atomic E-state index is -0.600. The van der Waals surface area contributed by atoms with E-state index in [1.807, 2.05) is 18.2 Å². The first kappa shape index (κ1) is 14.0. The third-order valence-electron chi connectivity index (χ3n) is 5.63. The molecule has 2 aromatic rings. The normalized spacial score (nSPS) is 33.2. The van der Waals surface area contributed by atoms with E-state index in [1.54, 1.807) is 0 Å². The molecule has 2 fully saturated rings. The van der Waals surface area contributed by atoms with E-state index in [0.29, 0.717) is 17.9 Å². The van der Waals surface area contributed by atoms with E-state index in [1.165, 1.54) is 5.56 Å². The fourth-order valence-electron chi connectivity index (χ4n) is 4.48. The first-order valence-electron chi connectivity index (χ1n) is 8.31. The Morgan fingerprint density at radius 2 is 1.64 bits per heavy atom. The quantitative estimate of drug-likeness (QED) is 0.905. The SMILES string of the molecule is O[C@]1(c2ccccc2)C[C@H]2C[C@@H]1C[C@H]2NCc1ccccc1. The molecule has 0 amide bonds. The van der Waals surface area contributed by atoms with Gasteiger partial charge in [0, 0.05) is 12.6 Å². The van der Waals surface area contributed by atoms with E-state index in [9.17, 15) is 5.11 Å². The maximum absolute atomic E-state index is 11.1. The average Bonchev–Trinajstić information content (AvgIpc) is 3.12. The second-order valence-corrected chi connectivity index (χ2v) is 6.90. The zero-order valence-corrected chi connectivity index (χ0v) is 12.8. The molecule has 2 N–H and O–H groups in total. The Morgan fingerprint density at radius 3 is 2.27 bits per heavy atom. The molecule has 4 atom stereocenters. The van der Waals surface area contributed by atoms with Crippen molar-refractivity contribution in [3.05, 3.63) is 71.8 Å². The van der Waals surface area contributed by atoms with E-state index in [2.05, 4.69) is 47.8 Å². The van der Waals surface area contributed by atoms with Crippen LogP contribution in [0.1, 0.15) is 30.4 Å². The van der Waals surface area contributed by atoms with Crippen molar-refractivity contribution in [2.45, 2.75) is 37.5 Å². The summed E-state index contributed by atoms with van der Waals surface area (Å²) in [4.78, 5) is 0. The lowest BCUT2D eigenvalue weighted by Gasteiger charge is -2.36. The molecule has 2 aliphatic carbocycles. The van der Waals surface area contributed by atoms with Gasteiger partial charge in [0.2, 0.25) is 0 Å². The summed E-state index contributed by atoms with van der Waals surface area (Å²) in [5, 5.41) is 14.8. The van der Waals surface area contributed by atoms with E-state index in [0.717, 1.165) is 31.4 Å². The zero-order valence-electron chi connectivity index (χ0n) is 12.8. The summed E-state index contributed by atoms with van der Waals surface area (Å²) < 4.78 is 0. The van der Waals surface area contributed by atoms with Gasteiger partial charge in [-0.05, 0) is 42.2 Å². The van der Waals surface area contributed by atoms with Gasteiger partial charge in [-0.3, -0.25) is 0 Å². The lowest BCUT2D eigenvalue weighted by Crippen LogP contribution is -2.41. The average molecular weight is 293 g/mol. The van der Waals surface area contributed by atoms with Crippen molar-refractivity contribution < 1.29 is 5.11 Å². The highest BCUT2D eigenvalue weighted by atomic mass is 16.3. The first-order chi connectivity index (χ1) is 10.8. The highest BCUT2D eigenvalue weighted by Gasteiger charge is 2.54. The summed E-state index contributed by atoms with van der Waals surface area (Å²) in [5.41, 5.74) is 1.84. The summed E-state index contributed by atoms with van der Waals surface area (Å²) in [6.45, 7) is 0.929. The van der Waals surface area contributed by atoms with Crippen LogP contribution in [0.3, 0.4) is 0 Å². The molecule has 2 aliphatic rings. The molecule has 0 unspecified atom stereocenters. The highest BCUT2D eigenvalue weighted by molar-refractivity contribution is 5.27. The standard InChI is InChI=1S/C20H23NO/c22-20(17-9-5-2-6-10-17)13-16-11-18(20)12-19(16)21-14-15-7-3-1-4-8-15/h1-10,16,18-19,21-22H,11-14H2/t16-,18-,19-,20+/m1/s1. The molecule has 2 heteroatoms. The fourth-order valence-corrected chi connectivity index (χ4v) is 4.48. The largest absolute Gasteiger partial charge is 0.385 e. The summed E-state index contributed by atoms with van der Waals surface area (Å²) in [6.07, 6.45) is 3.13. The summed E-state index contributed by atoms with van der Waals surface area (Å²) >= 11 is 0. The van der Waals surface area contributed by atoms with Gasteiger partial charge < -0.3 is 10.4 Å². The second kappa shape index (κ2) is 5.53. The summed E-state index contributed by atoms with van der Waals surface area (Å²) in [7, 11) is 0. The molecule has 2 aromatic carbocycles. The summed E-state index contributed by atoms with van der Waals surface area (Å²) in [5.74, 6) is 0.993. The number of aliphatic hydroxyl groups is 1. The topological polar surface area (TPSA) is 32.3 Å². The zero-order chi connectivity index (χ0) is 15.0. The molecule has 4 rings (SSSR count). The number of rotatable bonds is 4. The van der Waals surface area contributed by atoms with Crippen LogP contribution >= 0.6 is 0 Å². The van der Waals surface area contributed by atoms with Crippen LogP contribution in [0.2, 0.25) is 0 Å². The van der Waals surface area contributed by atoms with Gasteiger partial charge in [0.1, 0.15) is 0 Å². The predicted molar refractivity (Wildman–Crippen MR) is 88.2 cm³/mol. The number of benzene rings is 2. The number of hydrogen-bond acceptors (Lipinski definition) is 2. The smallest absolute Gasteiger partial charge is 0.0928 e. The Bertz CT molecular complexity index is 627. The monoisotopic (exact) mass is 293 g/mol. The van der Waals surface area contributed by atoms with Crippen LogP contribution < -0.4 is 5.32 Å². The molecule has 0 aliphatic heterocycles. The Labute approximate surface area is 132 Å². The maximum atomic E-state index is 11.1. The Hall–Kier alpha value is -1.64. The molecule has 22 heavy (non-hydrogen) atoms. The molecule has 2 bridgehead atoms. The van der Waals surface area contributed by atoms with E-state index < -0.39 is 5.60 Å². The van der Waals surface area contributed by atoms with Crippen LogP contribution in [0.25, 0.3) is 0 Å². The van der Waals surface area contributed by atoms with Crippen LogP contribution in [0.15, 0.2) is 60.7 Å². The van der Waals surface area contributed by atoms with E-state index >= 15 is 0 Å². The molecule has 0 saturated heterocycles. The van der Waals surface area contributed by atoms with E-state index in [-0.39, 0.29) is 0 Å². The van der Waals surface area contributed by atoms with Crippen LogP contribution in [-0.4, -0.2) is 11.1 Å². The minimum absolute atomic E-state index is 0.396. The molecule has 0 heterocycles. The van der Waals surface area contributed by atoms with Crippen molar-refractivity contribution in [1.82, 2.24) is 5.32 Å². The van der Waals surface area contributed by atoms with Gasteiger partial charge in [-0.2, -0.15) is 0 Å². The molecule has 114 valence electrons. The Kier molecular flexibility index (Phi) is 3.51. The van der Waals surface area contributed by atoms with Crippen molar-refractivity contribution in [2.75, 3.05) is 0 Å². The van der Waals surface area contributed by atoms with Gasteiger partial charge in [0.05, 0.1) is 5.60 Å². The molecule has 0 aromatic heterocycles. The van der Waals surface area contributed by atoms with Crippen LogP contribution in [0, 0.1) is 11.8 Å². The lowest BCUT2D eigenvalue weighted by atomic mass is 9.77. The van der Waals surface area contributed by atoms with Crippen molar-refractivity contribution in [3.8, 4) is 0 Å². The molecule has 2 saturated carbocycles. The van der Waals surface area contributed by atoms with Gasteiger partial charge in [-0.15, -0.1) is 0 Å². The van der Waals surface area contributed by atoms with E-state index in [4.69, 9.17) is 0 Å². The fraction of sp³-hybridized carbons (Fsp3) is 0.400. The van der Waals surface area contributed by atoms with Gasteiger partial charge in [-0.25, -0.2) is 0 Å². The van der Waals surface area contributed by atoms with Crippen LogP contribution in [-0.2, 0) is 12.1 Å². The molecule has 2 nitrogen and oxygen atoms in total. The van der Waals surface area contributed by atoms with Gasteiger partial charge in [0.25, 0.3) is 0 Å². The number of hydrogen-bond donors (Lipinski definition) is 2. The molecular weight excluding hydrogens is 270 g/mol. The van der Waals surface area contributed by atoms with Crippen molar-refractivity contribution in [3.63, 3.8) is 0 Å². The van der Waals surface area contributed by atoms with Crippen molar-refractivity contribution in [2.24, 2.45) is 11.8 Å². The molecular formula is C20H23NO. The minimum Gasteiger partial charge on any atom is -0.385 e. The Balaban J connectivity index is 1.42. The predicted octanol–water partition coefficient (Wildman–Crippen LogP) is 3.46. The van der Waals surface area contributed by atoms with Crippen molar-refractivity contribution in [1.29, 1.82) is 0 Å². The highest BCUT2D eigenvalue weighted by Crippen LogP contribution is 2.55. The second-order valence-electron chi connectivity index (χ2n) is 6.90. The Morgan fingerprint density at radius 1 is 0.955 bits per heavy atom. The first-order valence-corrected chi connectivity index (χ1v) is 8.31. The van der Waals surface area contributed by atoms with Gasteiger partial charge in [0.15, 0.2) is 0 Å². The number of fused-ring (bicyclic) bond motifs is 2. The number of nitrogens with one attached hydrogen (secondary N) is 1.